The maximum absolute atomic E-state index is 13.2. The van der Waals surface area contributed by atoms with Crippen molar-refractivity contribution in [2.24, 2.45) is 7.05 Å². The third kappa shape index (κ3) is 3.05. The largest absolute Gasteiger partial charge is 0.308 e. The first-order valence-electron chi connectivity index (χ1n) is 5.28. The SMILES string of the molecule is Cn1cc(CNCc2cccc(F)c2Cl)cn1. The van der Waals surface area contributed by atoms with Crippen molar-refractivity contribution < 1.29 is 4.39 Å². The summed E-state index contributed by atoms with van der Waals surface area (Å²) in [6, 6.07) is 4.82. The summed E-state index contributed by atoms with van der Waals surface area (Å²) >= 11 is 5.85. The van der Waals surface area contributed by atoms with Crippen molar-refractivity contribution in [3.05, 3.63) is 52.6 Å². The van der Waals surface area contributed by atoms with Gasteiger partial charge in [0.25, 0.3) is 0 Å². The molecule has 1 heterocycles. The molecule has 0 saturated carbocycles. The predicted molar refractivity (Wildman–Crippen MR) is 65.2 cm³/mol. The van der Waals surface area contributed by atoms with Crippen molar-refractivity contribution in [2.75, 3.05) is 0 Å². The fraction of sp³-hybridized carbons (Fsp3) is 0.250. The van der Waals surface area contributed by atoms with Gasteiger partial charge in [-0.3, -0.25) is 4.68 Å². The summed E-state index contributed by atoms with van der Waals surface area (Å²) in [4.78, 5) is 0. The number of nitrogens with zero attached hydrogens (tertiary/aromatic N) is 2. The molecule has 0 aliphatic carbocycles. The lowest BCUT2D eigenvalue weighted by Gasteiger charge is -2.06. The zero-order valence-corrected chi connectivity index (χ0v) is 10.2. The van der Waals surface area contributed by atoms with Crippen LogP contribution in [0.2, 0.25) is 5.02 Å². The van der Waals surface area contributed by atoms with E-state index in [-0.39, 0.29) is 10.8 Å². The molecule has 5 heteroatoms. The molecule has 2 aromatic rings. The second kappa shape index (κ2) is 5.29. The number of aromatic nitrogens is 2. The molecule has 0 spiro atoms. The molecule has 0 atom stereocenters. The highest BCUT2D eigenvalue weighted by atomic mass is 35.5. The van der Waals surface area contributed by atoms with Crippen LogP contribution in [0.25, 0.3) is 0 Å². The molecule has 1 aromatic heterocycles. The average molecular weight is 254 g/mol. The number of hydrogen-bond acceptors (Lipinski definition) is 2. The highest BCUT2D eigenvalue weighted by Gasteiger charge is 2.05. The van der Waals surface area contributed by atoms with Gasteiger partial charge in [-0.1, -0.05) is 23.7 Å². The van der Waals surface area contributed by atoms with Crippen molar-refractivity contribution >= 4 is 11.6 Å². The van der Waals surface area contributed by atoms with E-state index in [0.29, 0.717) is 13.1 Å². The highest BCUT2D eigenvalue weighted by molar-refractivity contribution is 6.31. The van der Waals surface area contributed by atoms with Crippen LogP contribution in [-0.2, 0) is 20.1 Å². The molecule has 0 aliphatic rings. The quantitative estimate of drug-likeness (QED) is 0.907. The van der Waals surface area contributed by atoms with Crippen LogP contribution in [0.1, 0.15) is 11.1 Å². The normalized spacial score (nSPS) is 10.8. The zero-order chi connectivity index (χ0) is 12.3. The van der Waals surface area contributed by atoms with Gasteiger partial charge in [-0.15, -0.1) is 0 Å². The molecule has 0 saturated heterocycles. The fourth-order valence-corrected chi connectivity index (χ4v) is 1.78. The predicted octanol–water partition coefficient (Wildman–Crippen LogP) is 2.50. The molecule has 2 rings (SSSR count). The van der Waals surface area contributed by atoms with Gasteiger partial charge in [-0.2, -0.15) is 5.10 Å². The van der Waals surface area contributed by atoms with Gasteiger partial charge in [-0.05, 0) is 11.6 Å². The summed E-state index contributed by atoms with van der Waals surface area (Å²) in [6.45, 7) is 1.21. The lowest BCUT2D eigenvalue weighted by molar-refractivity contribution is 0.620. The van der Waals surface area contributed by atoms with Gasteiger partial charge in [0.1, 0.15) is 5.82 Å². The second-order valence-corrected chi connectivity index (χ2v) is 4.22. The monoisotopic (exact) mass is 253 g/mol. The molecule has 0 aliphatic heterocycles. The Hall–Kier alpha value is -1.39. The van der Waals surface area contributed by atoms with Crippen molar-refractivity contribution in [3.8, 4) is 0 Å². The molecule has 0 unspecified atom stereocenters. The average Bonchev–Trinajstić information content (AvgIpc) is 2.70. The van der Waals surface area contributed by atoms with Gasteiger partial charge in [0.05, 0.1) is 11.2 Å². The van der Waals surface area contributed by atoms with Crippen molar-refractivity contribution in [3.63, 3.8) is 0 Å². The van der Waals surface area contributed by atoms with Crippen LogP contribution >= 0.6 is 11.6 Å². The number of aryl methyl sites for hydroxylation is 1. The summed E-state index contributed by atoms with van der Waals surface area (Å²) in [5.74, 6) is -0.382. The van der Waals surface area contributed by atoms with Crippen molar-refractivity contribution in [1.82, 2.24) is 15.1 Å². The molecular weight excluding hydrogens is 241 g/mol. The van der Waals surface area contributed by atoms with E-state index >= 15 is 0 Å². The molecule has 0 amide bonds. The minimum atomic E-state index is -0.382. The molecule has 1 aromatic carbocycles. The van der Waals surface area contributed by atoms with Crippen molar-refractivity contribution in [1.29, 1.82) is 0 Å². The number of halogens is 2. The second-order valence-electron chi connectivity index (χ2n) is 3.84. The van der Waals surface area contributed by atoms with Crippen LogP contribution in [0.15, 0.2) is 30.6 Å². The lowest BCUT2D eigenvalue weighted by atomic mass is 10.2. The van der Waals surface area contributed by atoms with Crippen LogP contribution < -0.4 is 5.32 Å². The minimum Gasteiger partial charge on any atom is -0.308 e. The zero-order valence-electron chi connectivity index (χ0n) is 9.45. The Kier molecular flexibility index (Phi) is 3.76. The topological polar surface area (TPSA) is 29.9 Å². The number of hydrogen-bond donors (Lipinski definition) is 1. The molecular formula is C12H13ClFN3. The molecule has 90 valence electrons. The van der Waals surface area contributed by atoms with E-state index in [1.165, 1.54) is 6.07 Å². The first-order valence-corrected chi connectivity index (χ1v) is 5.66. The van der Waals surface area contributed by atoms with Gasteiger partial charge in [0.15, 0.2) is 0 Å². The molecule has 17 heavy (non-hydrogen) atoms. The van der Waals surface area contributed by atoms with Crippen molar-refractivity contribution in [2.45, 2.75) is 13.1 Å². The minimum absolute atomic E-state index is 0.186. The van der Waals surface area contributed by atoms with Gasteiger partial charge in [0, 0.05) is 31.9 Å². The Morgan fingerprint density at radius 3 is 2.94 bits per heavy atom. The first-order chi connectivity index (χ1) is 8.16. The van der Waals surface area contributed by atoms with Gasteiger partial charge in [-0.25, -0.2) is 4.39 Å². The Morgan fingerprint density at radius 1 is 1.41 bits per heavy atom. The highest BCUT2D eigenvalue weighted by Crippen LogP contribution is 2.19. The Balaban J connectivity index is 1.92. The Bertz CT molecular complexity index is 510. The standard InChI is InChI=1S/C12H13ClFN3/c1-17-8-9(6-16-17)5-15-7-10-3-2-4-11(14)12(10)13/h2-4,6,8,15H,5,7H2,1H3. The van der Waals surface area contributed by atoms with Crippen LogP contribution in [0.4, 0.5) is 4.39 Å². The summed E-state index contributed by atoms with van der Waals surface area (Å²) in [5, 5.41) is 7.45. The molecule has 0 bridgehead atoms. The maximum atomic E-state index is 13.2. The van der Waals surface area contributed by atoms with E-state index in [1.807, 2.05) is 19.3 Å². The summed E-state index contributed by atoms with van der Waals surface area (Å²) in [6.07, 6.45) is 3.72. The molecule has 0 fully saturated rings. The number of nitrogens with one attached hydrogen (secondary N) is 1. The van der Waals surface area contributed by atoms with E-state index in [4.69, 9.17) is 11.6 Å². The van der Waals surface area contributed by atoms with E-state index in [9.17, 15) is 4.39 Å². The van der Waals surface area contributed by atoms with Gasteiger partial charge < -0.3 is 5.32 Å². The fourth-order valence-electron chi connectivity index (χ4n) is 1.59. The maximum Gasteiger partial charge on any atom is 0.142 e. The Labute approximate surface area is 104 Å². The van der Waals surface area contributed by atoms with Crippen LogP contribution in [0, 0.1) is 5.82 Å². The van der Waals surface area contributed by atoms with E-state index < -0.39 is 0 Å². The number of benzene rings is 1. The molecule has 3 nitrogen and oxygen atoms in total. The summed E-state index contributed by atoms with van der Waals surface area (Å²) < 4.78 is 14.9. The summed E-state index contributed by atoms with van der Waals surface area (Å²) in [7, 11) is 1.87. The number of rotatable bonds is 4. The van der Waals surface area contributed by atoms with Crippen LogP contribution in [0.3, 0.4) is 0 Å². The van der Waals surface area contributed by atoms with Gasteiger partial charge in [0.2, 0.25) is 0 Å². The van der Waals surface area contributed by atoms with Crippen LogP contribution in [-0.4, -0.2) is 9.78 Å². The third-order valence-corrected chi connectivity index (χ3v) is 2.86. The molecule has 0 radical (unpaired) electrons. The summed E-state index contributed by atoms with van der Waals surface area (Å²) in [5.41, 5.74) is 1.84. The smallest absolute Gasteiger partial charge is 0.142 e. The van der Waals surface area contributed by atoms with Crippen LogP contribution in [0.5, 0.6) is 0 Å². The first kappa shape index (κ1) is 12.1. The van der Waals surface area contributed by atoms with Gasteiger partial charge >= 0.3 is 0 Å². The third-order valence-electron chi connectivity index (χ3n) is 2.43. The molecule has 1 N–H and O–H groups in total. The van der Waals surface area contributed by atoms with E-state index in [1.54, 1.807) is 16.9 Å². The van der Waals surface area contributed by atoms with E-state index in [2.05, 4.69) is 10.4 Å². The Morgan fingerprint density at radius 2 is 2.24 bits per heavy atom. The lowest BCUT2D eigenvalue weighted by Crippen LogP contribution is -2.12. The van der Waals surface area contributed by atoms with E-state index in [0.717, 1.165) is 11.1 Å².